The molecule has 18 heavy (non-hydrogen) atoms. The van der Waals surface area contributed by atoms with Gasteiger partial charge in [0.05, 0.1) is 0 Å². The van der Waals surface area contributed by atoms with Gasteiger partial charge in [0, 0.05) is 13.6 Å². The molecule has 0 aliphatic heterocycles. The van der Waals surface area contributed by atoms with Crippen LogP contribution in [-0.4, -0.2) is 41.6 Å². The van der Waals surface area contributed by atoms with Gasteiger partial charge in [-0.2, -0.15) is 0 Å². The van der Waals surface area contributed by atoms with Crippen LogP contribution >= 0.6 is 0 Å². The van der Waals surface area contributed by atoms with E-state index in [9.17, 15) is 9.59 Å². The molecule has 0 aliphatic rings. The molecular weight excluding hydrogens is 232 g/mol. The first-order valence-corrected chi connectivity index (χ1v) is 6.48. The van der Waals surface area contributed by atoms with Crippen molar-refractivity contribution in [1.82, 2.24) is 10.2 Å². The van der Waals surface area contributed by atoms with E-state index in [2.05, 4.69) is 19.2 Å². The molecule has 0 fully saturated rings. The number of aliphatic carboxylic acids is 1. The minimum Gasteiger partial charge on any atom is -0.480 e. The fraction of sp³-hybridized carbons (Fsp3) is 0.846. The SMILES string of the molecule is CC(C)CCN(C)C(=O)N[C@@H](CC(C)C)C(=O)O. The predicted molar refractivity (Wildman–Crippen MR) is 71.5 cm³/mol. The average molecular weight is 258 g/mol. The molecule has 1 atom stereocenters. The van der Waals surface area contributed by atoms with E-state index in [1.54, 1.807) is 7.05 Å². The van der Waals surface area contributed by atoms with Crippen LogP contribution in [0.4, 0.5) is 4.79 Å². The number of carbonyl (C=O) groups is 2. The molecule has 0 aliphatic carbocycles. The van der Waals surface area contributed by atoms with Crippen molar-refractivity contribution >= 4 is 12.0 Å². The maximum Gasteiger partial charge on any atom is 0.326 e. The predicted octanol–water partition coefficient (Wildman–Crippen LogP) is 2.17. The van der Waals surface area contributed by atoms with Crippen molar-refractivity contribution < 1.29 is 14.7 Å². The zero-order valence-electron chi connectivity index (χ0n) is 12.1. The summed E-state index contributed by atoms with van der Waals surface area (Å²) in [6, 6.07) is -1.12. The van der Waals surface area contributed by atoms with Gasteiger partial charge in [0.25, 0.3) is 0 Å². The summed E-state index contributed by atoms with van der Waals surface area (Å²) in [5.41, 5.74) is 0. The summed E-state index contributed by atoms with van der Waals surface area (Å²) in [5, 5.41) is 11.6. The van der Waals surface area contributed by atoms with Crippen molar-refractivity contribution in [3.8, 4) is 0 Å². The van der Waals surface area contributed by atoms with Crippen LogP contribution in [0.5, 0.6) is 0 Å². The van der Waals surface area contributed by atoms with E-state index in [0.717, 1.165) is 6.42 Å². The Morgan fingerprint density at radius 3 is 2.11 bits per heavy atom. The van der Waals surface area contributed by atoms with Gasteiger partial charge in [0.15, 0.2) is 0 Å². The van der Waals surface area contributed by atoms with Crippen LogP contribution in [0.15, 0.2) is 0 Å². The number of amides is 2. The topological polar surface area (TPSA) is 69.6 Å². The number of hydrogen-bond donors (Lipinski definition) is 2. The molecule has 0 rings (SSSR count). The third kappa shape index (κ3) is 7.14. The lowest BCUT2D eigenvalue weighted by Gasteiger charge is -2.22. The van der Waals surface area contributed by atoms with E-state index >= 15 is 0 Å². The first kappa shape index (κ1) is 16.7. The van der Waals surface area contributed by atoms with E-state index < -0.39 is 12.0 Å². The van der Waals surface area contributed by atoms with E-state index in [-0.39, 0.29) is 11.9 Å². The molecule has 2 amide bonds. The Balaban J connectivity index is 4.27. The molecule has 0 radical (unpaired) electrons. The van der Waals surface area contributed by atoms with Gasteiger partial charge in [0.1, 0.15) is 6.04 Å². The van der Waals surface area contributed by atoms with Crippen molar-refractivity contribution in [3.05, 3.63) is 0 Å². The summed E-state index contributed by atoms with van der Waals surface area (Å²) in [4.78, 5) is 24.4. The Labute approximate surface area is 110 Å². The molecule has 2 N–H and O–H groups in total. The second kappa shape index (κ2) is 7.95. The third-order valence-electron chi connectivity index (χ3n) is 2.69. The zero-order chi connectivity index (χ0) is 14.3. The fourth-order valence-corrected chi connectivity index (χ4v) is 1.51. The number of carbonyl (C=O) groups excluding carboxylic acids is 1. The van der Waals surface area contributed by atoms with Crippen LogP contribution in [0, 0.1) is 11.8 Å². The molecule has 0 unspecified atom stereocenters. The minimum atomic E-state index is -0.977. The molecule has 0 bridgehead atoms. The molecule has 106 valence electrons. The van der Waals surface area contributed by atoms with Crippen LogP contribution in [-0.2, 0) is 4.79 Å². The maximum absolute atomic E-state index is 11.8. The van der Waals surface area contributed by atoms with Gasteiger partial charge < -0.3 is 15.3 Å². The highest BCUT2D eigenvalue weighted by atomic mass is 16.4. The molecule has 0 spiro atoms. The first-order valence-electron chi connectivity index (χ1n) is 6.48. The van der Waals surface area contributed by atoms with Crippen LogP contribution in [0.25, 0.3) is 0 Å². The normalized spacial score (nSPS) is 12.6. The van der Waals surface area contributed by atoms with Gasteiger partial charge in [-0.05, 0) is 24.7 Å². The standard InChI is InChI=1S/C13H26N2O3/c1-9(2)6-7-15(5)13(18)14-11(12(16)17)8-10(3)4/h9-11H,6-8H2,1-5H3,(H,14,18)(H,16,17)/t11-/m0/s1. The van der Waals surface area contributed by atoms with Crippen molar-refractivity contribution in [2.45, 2.75) is 46.6 Å². The lowest BCUT2D eigenvalue weighted by molar-refractivity contribution is -0.139. The smallest absolute Gasteiger partial charge is 0.326 e. The number of carboxylic acids is 1. The average Bonchev–Trinajstić information content (AvgIpc) is 2.23. The van der Waals surface area contributed by atoms with Gasteiger partial charge >= 0.3 is 12.0 Å². The monoisotopic (exact) mass is 258 g/mol. The van der Waals surface area contributed by atoms with Crippen LogP contribution in [0.1, 0.15) is 40.5 Å². The number of carboxylic acid groups (broad SMARTS) is 1. The molecule has 0 aromatic heterocycles. The van der Waals surface area contributed by atoms with Crippen LogP contribution < -0.4 is 5.32 Å². The molecule has 0 aromatic carbocycles. The molecule has 0 aromatic rings. The van der Waals surface area contributed by atoms with Crippen molar-refractivity contribution in [2.75, 3.05) is 13.6 Å². The Bertz CT molecular complexity index is 277. The zero-order valence-corrected chi connectivity index (χ0v) is 12.1. The van der Waals surface area contributed by atoms with Gasteiger partial charge in [-0.3, -0.25) is 0 Å². The van der Waals surface area contributed by atoms with Gasteiger partial charge in [-0.25, -0.2) is 9.59 Å². The van der Waals surface area contributed by atoms with Gasteiger partial charge in [-0.1, -0.05) is 27.7 Å². The Kier molecular flexibility index (Phi) is 7.39. The summed E-state index contributed by atoms with van der Waals surface area (Å²) >= 11 is 0. The molecule has 0 saturated carbocycles. The summed E-state index contributed by atoms with van der Waals surface area (Å²) < 4.78 is 0. The summed E-state index contributed by atoms with van der Waals surface area (Å²) in [6.07, 6.45) is 1.35. The lowest BCUT2D eigenvalue weighted by atomic mass is 10.0. The van der Waals surface area contributed by atoms with E-state index in [0.29, 0.717) is 18.9 Å². The Morgan fingerprint density at radius 2 is 1.72 bits per heavy atom. The molecule has 0 saturated heterocycles. The first-order chi connectivity index (χ1) is 8.23. The summed E-state index contributed by atoms with van der Waals surface area (Å²) in [6.45, 7) is 8.68. The van der Waals surface area contributed by atoms with Gasteiger partial charge in [-0.15, -0.1) is 0 Å². The van der Waals surface area contributed by atoms with E-state index in [4.69, 9.17) is 5.11 Å². The van der Waals surface area contributed by atoms with Crippen molar-refractivity contribution in [2.24, 2.45) is 11.8 Å². The third-order valence-corrected chi connectivity index (χ3v) is 2.69. The van der Waals surface area contributed by atoms with Crippen LogP contribution in [0.3, 0.4) is 0 Å². The number of nitrogens with one attached hydrogen (secondary N) is 1. The number of rotatable bonds is 7. The number of hydrogen-bond acceptors (Lipinski definition) is 2. The van der Waals surface area contributed by atoms with Crippen molar-refractivity contribution in [1.29, 1.82) is 0 Å². The maximum atomic E-state index is 11.8. The molecule has 5 nitrogen and oxygen atoms in total. The summed E-state index contributed by atoms with van der Waals surface area (Å²) in [5.74, 6) is -0.229. The number of urea groups is 1. The van der Waals surface area contributed by atoms with Gasteiger partial charge in [0.2, 0.25) is 0 Å². The highest BCUT2D eigenvalue weighted by molar-refractivity contribution is 5.82. The lowest BCUT2D eigenvalue weighted by Crippen LogP contribution is -2.47. The largest absolute Gasteiger partial charge is 0.480 e. The second-order valence-corrected chi connectivity index (χ2v) is 5.57. The van der Waals surface area contributed by atoms with E-state index in [1.807, 2.05) is 13.8 Å². The van der Waals surface area contributed by atoms with Crippen molar-refractivity contribution in [3.63, 3.8) is 0 Å². The summed E-state index contributed by atoms with van der Waals surface area (Å²) in [7, 11) is 1.69. The molecular formula is C13H26N2O3. The van der Waals surface area contributed by atoms with E-state index in [1.165, 1.54) is 4.90 Å². The van der Waals surface area contributed by atoms with Crippen LogP contribution in [0.2, 0.25) is 0 Å². The quantitative estimate of drug-likeness (QED) is 0.735. The Hall–Kier alpha value is -1.26. The highest BCUT2D eigenvalue weighted by Crippen LogP contribution is 2.06. The fourth-order valence-electron chi connectivity index (χ4n) is 1.51. The molecule has 5 heteroatoms. The Morgan fingerprint density at radius 1 is 1.17 bits per heavy atom. The highest BCUT2D eigenvalue weighted by Gasteiger charge is 2.22. The number of nitrogens with zero attached hydrogens (tertiary/aromatic N) is 1. The minimum absolute atomic E-state index is 0.229. The second-order valence-electron chi connectivity index (χ2n) is 5.57. The molecule has 0 heterocycles.